The minimum absolute atomic E-state index is 0.263. The van der Waals surface area contributed by atoms with Crippen LogP contribution in [0, 0.1) is 0 Å². The molecule has 0 aliphatic carbocycles. The van der Waals surface area contributed by atoms with Gasteiger partial charge in [0, 0.05) is 35.0 Å². The van der Waals surface area contributed by atoms with Crippen LogP contribution in [0.4, 0.5) is 5.13 Å². The number of thiazole rings is 1. The van der Waals surface area contributed by atoms with Crippen LogP contribution in [0.1, 0.15) is 0 Å². The predicted molar refractivity (Wildman–Crippen MR) is 121 cm³/mol. The van der Waals surface area contributed by atoms with Gasteiger partial charge < -0.3 is 14.8 Å². The van der Waals surface area contributed by atoms with E-state index in [1.54, 1.807) is 50.9 Å². The molecule has 0 aliphatic rings. The molecule has 0 unspecified atom stereocenters. The third-order valence-electron chi connectivity index (χ3n) is 4.55. The van der Waals surface area contributed by atoms with Gasteiger partial charge in [0.2, 0.25) is 5.91 Å². The van der Waals surface area contributed by atoms with Crippen molar-refractivity contribution in [1.29, 1.82) is 0 Å². The fraction of sp³-hybridized carbons (Fsp3) is 0.136. The number of rotatable bonds is 7. The lowest BCUT2D eigenvalue weighted by atomic mass is 10.1. The lowest BCUT2D eigenvalue weighted by Gasteiger charge is -2.11. The Hall–Kier alpha value is -4.05. The number of anilines is 1. The summed E-state index contributed by atoms with van der Waals surface area (Å²) in [7, 11) is 3.10. The summed E-state index contributed by atoms with van der Waals surface area (Å²) < 4.78 is 11.8. The summed E-state index contributed by atoms with van der Waals surface area (Å²) in [6, 6.07) is 11.9. The summed E-state index contributed by atoms with van der Waals surface area (Å²) in [5, 5.41) is 9.30. The predicted octanol–water partition coefficient (Wildman–Crippen LogP) is 3.08. The number of hydrogen-bond donors (Lipinski definition) is 1. The van der Waals surface area contributed by atoms with Crippen LogP contribution in [-0.4, -0.2) is 39.9 Å². The van der Waals surface area contributed by atoms with Gasteiger partial charge in [-0.3, -0.25) is 14.6 Å². The Bertz CT molecular complexity index is 1300. The smallest absolute Gasteiger partial charge is 0.267 e. The number of pyridine rings is 1. The molecule has 9 nitrogen and oxygen atoms in total. The van der Waals surface area contributed by atoms with Crippen LogP contribution < -0.4 is 20.3 Å². The molecule has 0 aliphatic heterocycles. The van der Waals surface area contributed by atoms with Gasteiger partial charge in [-0.15, -0.1) is 11.3 Å². The van der Waals surface area contributed by atoms with E-state index in [9.17, 15) is 9.59 Å². The zero-order valence-electron chi connectivity index (χ0n) is 17.3. The lowest BCUT2D eigenvalue weighted by Crippen LogP contribution is -2.29. The minimum atomic E-state index is -0.415. The van der Waals surface area contributed by atoms with Crippen molar-refractivity contribution < 1.29 is 14.3 Å². The van der Waals surface area contributed by atoms with Crippen molar-refractivity contribution in [1.82, 2.24) is 19.7 Å². The van der Waals surface area contributed by atoms with Gasteiger partial charge in [-0.1, -0.05) is 0 Å². The Morgan fingerprint density at radius 2 is 2.00 bits per heavy atom. The Kier molecular flexibility index (Phi) is 6.22. The van der Waals surface area contributed by atoms with Gasteiger partial charge in [0.05, 0.1) is 25.6 Å². The number of carbonyl (C=O) groups excluding carboxylic acids is 1. The number of methoxy groups -OCH3 is 2. The van der Waals surface area contributed by atoms with E-state index in [1.165, 1.54) is 17.4 Å². The molecule has 162 valence electrons. The standard InChI is InChI=1S/C22H19N5O4S/c1-30-15-5-7-19(31-2)16(10-15)17-6-8-21(29)27(26-17)12-20(28)25-22-24-18(13-32-22)14-4-3-9-23-11-14/h3-11,13H,12H2,1-2H3,(H,24,25,28). The largest absolute Gasteiger partial charge is 0.497 e. The van der Waals surface area contributed by atoms with Crippen molar-refractivity contribution in [2.24, 2.45) is 0 Å². The zero-order valence-corrected chi connectivity index (χ0v) is 18.1. The van der Waals surface area contributed by atoms with Crippen molar-refractivity contribution in [2.75, 3.05) is 19.5 Å². The maximum absolute atomic E-state index is 12.6. The van der Waals surface area contributed by atoms with E-state index >= 15 is 0 Å². The first-order valence-electron chi connectivity index (χ1n) is 9.53. The molecule has 0 spiro atoms. The third kappa shape index (κ3) is 4.65. The zero-order chi connectivity index (χ0) is 22.5. The number of nitrogens with one attached hydrogen (secondary N) is 1. The summed E-state index contributed by atoms with van der Waals surface area (Å²) >= 11 is 1.29. The molecule has 0 atom stereocenters. The first kappa shape index (κ1) is 21.2. The van der Waals surface area contributed by atoms with E-state index in [0.29, 0.717) is 33.6 Å². The van der Waals surface area contributed by atoms with Gasteiger partial charge in [-0.05, 0) is 36.4 Å². The molecular weight excluding hydrogens is 430 g/mol. The topological polar surface area (TPSA) is 108 Å². The molecule has 3 aromatic heterocycles. The van der Waals surface area contributed by atoms with Crippen molar-refractivity contribution in [3.05, 3.63) is 70.6 Å². The average Bonchev–Trinajstić information content (AvgIpc) is 3.29. The highest BCUT2D eigenvalue weighted by Crippen LogP contribution is 2.31. The summed E-state index contributed by atoms with van der Waals surface area (Å²) in [5.41, 5.74) is 2.27. The summed E-state index contributed by atoms with van der Waals surface area (Å²) in [4.78, 5) is 33.3. The highest BCUT2D eigenvalue weighted by Gasteiger charge is 2.14. The minimum Gasteiger partial charge on any atom is -0.497 e. The fourth-order valence-electron chi connectivity index (χ4n) is 2.99. The van der Waals surface area contributed by atoms with Gasteiger partial charge in [-0.25, -0.2) is 9.67 Å². The third-order valence-corrected chi connectivity index (χ3v) is 5.31. The molecule has 1 N–H and O–H groups in total. The first-order chi connectivity index (χ1) is 15.6. The van der Waals surface area contributed by atoms with Gasteiger partial charge >= 0.3 is 0 Å². The van der Waals surface area contributed by atoms with Crippen LogP contribution >= 0.6 is 11.3 Å². The summed E-state index contributed by atoms with van der Waals surface area (Å²) in [5.74, 6) is 0.770. The lowest BCUT2D eigenvalue weighted by molar-refractivity contribution is -0.117. The number of aromatic nitrogens is 4. The molecule has 4 aromatic rings. The van der Waals surface area contributed by atoms with E-state index in [2.05, 4.69) is 20.4 Å². The van der Waals surface area contributed by atoms with Gasteiger partial charge in [0.1, 0.15) is 18.0 Å². The van der Waals surface area contributed by atoms with Crippen LogP contribution in [0.15, 0.2) is 65.0 Å². The monoisotopic (exact) mass is 449 g/mol. The molecular formula is C22H19N5O4S. The summed E-state index contributed by atoms with van der Waals surface area (Å²) in [6.45, 7) is -0.263. The van der Waals surface area contributed by atoms with E-state index in [0.717, 1.165) is 10.2 Å². The molecule has 3 heterocycles. The highest BCUT2D eigenvalue weighted by atomic mass is 32.1. The number of carbonyl (C=O) groups is 1. The second-order valence-electron chi connectivity index (χ2n) is 6.61. The molecule has 32 heavy (non-hydrogen) atoms. The number of amides is 1. The maximum Gasteiger partial charge on any atom is 0.267 e. The average molecular weight is 449 g/mol. The Labute approximate surface area is 187 Å². The molecule has 1 aromatic carbocycles. The molecule has 0 radical (unpaired) electrons. The van der Waals surface area contributed by atoms with Crippen molar-refractivity contribution >= 4 is 22.4 Å². The van der Waals surface area contributed by atoms with E-state index in [4.69, 9.17) is 9.47 Å². The van der Waals surface area contributed by atoms with Crippen LogP contribution in [-0.2, 0) is 11.3 Å². The number of benzene rings is 1. The molecule has 0 bridgehead atoms. The Morgan fingerprint density at radius 1 is 1.12 bits per heavy atom. The normalized spacial score (nSPS) is 10.6. The van der Waals surface area contributed by atoms with Crippen molar-refractivity contribution in [3.63, 3.8) is 0 Å². The van der Waals surface area contributed by atoms with E-state index in [-0.39, 0.29) is 6.54 Å². The molecule has 10 heteroatoms. The number of ether oxygens (including phenoxy) is 2. The van der Waals surface area contributed by atoms with Gasteiger partial charge in [-0.2, -0.15) is 5.10 Å². The number of hydrogen-bond acceptors (Lipinski definition) is 8. The maximum atomic E-state index is 12.6. The van der Waals surface area contributed by atoms with Crippen LogP contribution in [0.3, 0.4) is 0 Å². The van der Waals surface area contributed by atoms with Crippen LogP contribution in [0.2, 0.25) is 0 Å². The number of nitrogens with zero attached hydrogens (tertiary/aromatic N) is 4. The van der Waals surface area contributed by atoms with Crippen LogP contribution in [0.25, 0.3) is 22.5 Å². The Balaban J connectivity index is 1.53. The molecule has 1 amide bonds. The van der Waals surface area contributed by atoms with E-state index in [1.807, 2.05) is 17.5 Å². The van der Waals surface area contributed by atoms with E-state index < -0.39 is 11.5 Å². The van der Waals surface area contributed by atoms with Crippen LogP contribution in [0.5, 0.6) is 11.5 Å². The molecule has 0 saturated carbocycles. The molecule has 4 rings (SSSR count). The molecule has 0 saturated heterocycles. The fourth-order valence-corrected chi connectivity index (χ4v) is 3.73. The Morgan fingerprint density at radius 3 is 2.75 bits per heavy atom. The van der Waals surface area contributed by atoms with Crippen molar-refractivity contribution in [3.8, 4) is 34.0 Å². The SMILES string of the molecule is COc1ccc(OC)c(-c2ccc(=O)n(CC(=O)Nc3nc(-c4cccnc4)cs3)n2)c1. The second-order valence-corrected chi connectivity index (χ2v) is 7.47. The van der Waals surface area contributed by atoms with Gasteiger partial charge in [0.15, 0.2) is 5.13 Å². The summed E-state index contributed by atoms with van der Waals surface area (Å²) in [6.07, 6.45) is 3.38. The van der Waals surface area contributed by atoms with Gasteiger partial charge in [0.25, 0.3) is 5.56 Å². The first-order valence-corrected chi connectivity index (χ1v) is 10.4. The van der Waals surface area contributed by atoms with Crippen molar-refractivity contribution in [2.45, 2.75) is 6.54 Å². The quantitative estimate of drug-likeness (QED) is 0.462. The molecule has 0 fully saturated rings. The second kappa shape index (κ2) is 9.40. The highest BCUT2D eigenvalue weighted by molar-refractivity contribution is 7.14.